The number of halogens is 2. The molecule has 5 fully saturated rings. The number of likely N-dealkylation sites (tertiary alicyclic amines) is 1. The van der Waals surface area contributed by atoms with Gasteiger partial charge in [0.2, 0.25) is 11.8 Å². The van der Waals surface area contributed by atoms with Crippen molar-refractivity contribution in [2.45, 2.75) is 64.0 Å². The molecule has 0 unspecified atom stereocenters. The minimum absolute atomic E-state index is 0.0440. The molecule has 1 heterocycles. The molecule has 1 N–H and O–H groups in total. The number of carbonyl (C=O) groups is 2. The molecule has 0 spiro atoms. The third-order valence-electron chi connectivity index (χ3n) is 7.66. The number of carbonyl (C=O) groups excluding carboxylic acids is 2. The van der Waals surface area contributed by atoms with Crippen molar-refractivity contribution < 1.29 is 23.1 Å². The molecule has 1 aromatic rings. The highest BCUT2D eigenvalue weighted by molar-refractivity contribution is 5.98. The minimum atomic E-state index is -2.88. The molecular formula is C23H28F2N2O3. The zero-order valence-corrected chi connectivity index (χ0v) is 17.0. The summed E-state index contributed by atoms with van der Waals surface area (Å²) in [6, 6.07) is 5.41. The summed E-state index contributed by atoms with van der Waals surface area (Å²) >= 11 is 0. The van der Waals surface area contributed by atoms with Crippen LogP contribution in [-0.4, -0.2) is 35.9 Å². The quantitative estimate of drug-likeness (QED) is 0.769. The maximum atomic E-state index is 13.7. The second kappa shape index (κ2) is 7.50. The van der Waals surface area contributed by atoms with Gasteiger partial charge < -0.3 is 15.0 Å². The Morgan fingerprint density at radius 1 is 1.03 bits per heavy atom. The number of hydrogen-bond acceptors (Lipinski definition) is 3. The lowest BCUT2D eigenvalue weighted by molar-refractivity contribution is -0.160. The summed E-state index contributed by atoms with van der Waals surface area (Å²) in [4.78, 5) is 28.5. The maximum Gasteiger partial charge on any atom is 0.387 e. The first kappa shape index (κ1) is 19.8. The standard InChI is InChI=1S/C23H28F2N2O3/c24-22(25)30-18-5-3-17(4-6-18)26-20(28)19-2-1-7-27(19)21(29)23-11-14-8-15(12-23)10-16(9-14)13-23/h3-6,14-16,19,22H,1-2,7-13H2,(H,26,28)/t14?,15?,16?,19-,23?/m0/s1. The molecule has 0 aromatic heterocycles. The van der Waals surface area contributed by atoms with Gasteiger partial charge in [0.25, 0.3) is 0 Å². The van der Waals surface area contributed by atoms with Crippen LogP contribution in [0, 0.1) is 23.2 Å². The Balaban J connectivity index is 1.27. The van der Waals surface area contributed by atoms with E-state index in [0.29, 0.717) is 36.4 Å². The number of hydrogen-bond donors (Lipinski definition) is 1. The van der Waals surface area contributed by atoms with Gasteiger partial charge in [-0.2, -0.15) is 8.78 Å². The van der Waals surface area contributed by atoms with E-state index >= 15 is 0 Å². The number of nitrogens with zero attached hydrogens (tertiary/aromatic N) is 1. The van der Waals surface area contributed by atoms with Crippen LogP contribution < -0.4 is 10.1 Å². The normalized spacial score (nSPS) is 34.4. The van der Waals surface area contributed by atoms with Gasteiger partial charge in [0.05, 0.1) is 5.41 Å². The minimum Gasteiger partial charge on any atom is -0.435 e. The van der Waals surface area contributed by atoms with Crippen LogP contribution in [0.5, 0.6) is 5.75 Å². The maximum absolute atomic E-state index is 13.7. The lowest BCUT2D eigenvalue weighted by atomic mass is 9.49. The number of alkyl halides is 2. The predicted molar refractivity (Wildman–Crippen MR) is 107 cm³/mol. The number of rotatable bonds is 5. The molecule has 1 saturated heterocycles. The monoisotopic (exact) mass is 418 g/mol. The Labute approximate surface area is 175 Å². The Morgan fingerprint density at radius 2 is 1.63 bits per heavy atom. The molecule has 0 radical (unpaired) electrons. The van der Waals surface area contributed by atoms with Crippen molar-refractivity contribution in [1.82, 2.24) is 4.90 Å². The van der Waals surface area contributed by atoms with Gasteiger partial charge in [-0.15, -0.1) is 0 Å². The van der Waals surface area contributed by atoms with Gasteiger partial charge in [0.1, 0.15) is 11.8 Å². The van der Waals surface area contributed by atoms with Crippen LogP contribution in [0.3, 0.4) is 0 Å². The van der Waals surface area contributed by atoms with Crippen molar-refractivity contribution >= 4 is 17.5 Å². The number of nitrogens with one attached hydrogen (secondary N) is 1. The molecule has 162 valence electrons. The van der Waals surface area contributed by atoms with Gasteiger partial charge in [-0.05, 0) is 93.4 Å². The average molecular weight is 418 g/mol. The second-order valence-corrected chi connectivity index (χ2v) is 9.75. The first-order valence-corrected chi connectivity index (χ1v) is 11.1. The topological polar surface area (TPSA) is 58.6 Å². The van der Waals surface area contributed by atoms with Crippen LogP contribution in [0.4, 0.5) is 14.5 Å². The smallest absolute Gasteiger partial charge is 0.387 e. The lowest BCUT2D eigenvalue weighted by Gasteiger charge is -2.56. The van der Waals surface area contributed by atoms with Crippen LogP contribution in [0.1, 0.15) is 51.4 Å². The molecular weight excluding hydrogens is 390 g/mol. The summed E-state index contributed by atoms with van der Waals surface area (Å²) in [5, 5.41) is 2.85. The van der Waals surface area contributed by atoms with Crippen molar-refractivity contribution in [2.75, 3.05) is 11.9 Å². The Morgan fingerprint density at radius 3 is 2.20 bits per heavy atom. The van der Waals surface area contributed by atoms with Crippen LogP contribution >= 0.6 is 0 Å². The van der Waals surface area contributed by atoms with Crippen molar-refractivity contribution in [3.05, 3.63) is 24.3 Å². The highest BCUT2D eigenvalue weighted by Gasteiger charge is 2.56. The molecule has 5 aliphatic rings. The molecule has 7 heteroatoms. The van der Waals surface area contributed by atoms with Gasteiger partial charge in [0, 0.05) is 12.2 Å². The van der Waals surface area contributed by atoms with E-state index in [4.69, 9.17) is 0 Å². The van der Waals surface area contributed by atoms with E-state index in [1.807, 2.05) is 4.90 Å². The van der Waals surface area contributed by atoms with Crippen LogP contribution in [0.15, 0.2) is 24.3 Å². The number of benzene rings is 1. The molecule has 2 amide bonds. The highest BCUT2D eigenvalue weighted by Crippen LogP contribution is 2.60. The van der Waals surface area contributed by atoms with Gasteiger partial charge in [-0.3, -0.25) is 9.59 Å². The predicted octanol–water partition coefficient (Wildman–Crippen LogP) is 4.43. The van der Waals surface area contributed by atoms with E-state index in [0.717, 1.165) is 25.7 Å². The van der Waals surface area contributed by atoms with Crippen molar-refractivity contribution in [1.29, 1.82) is 0 Å². The van der Waals surface area contributed by atoms with Gasteiger partial charge in [-0.1, -0.05) is 0 Å². The van der Waals surface area contributed by atoms with E-state index in [9.17, 15) is 18.4 Å². The van der Waals surface area contributed by atoms with Crippen molar-refractivity contribution in [3.8, 4) is 5.75 Å². The van der Waals surface area contributed by atoms with E-state index in [1.54, 1.807) is 0 Å². The SMILES string of the molecule is O=C(Nc1ccc(OC(F)F)cc1)[C@@H]1CCCN1C(=O)C12CC3CC(CC(C3)C1)C2. The fourth-order valence-electron chi connectivity index (χ4n) is 6.90. The summed E-state index contributed by atoms with van der Waals surface area (Å²) in [5.74, 6) is 2.09. The zero-order valence-electron chi connectivity index (χ0n) is 17.0. The first-order chi connectivity index (χ1) is 14.4. The van der Waals surface area contributed by atoms with Gasteiger partial charge in [-0.25, -0.2) is 0 Å². The van der Waals surface area contributed by atoms with E-state index in [-0.39, 0.29) is 23.0 Å². The summed E-state index contributed by atoms with van der Waals surface area (Å²) in [7, 11) is 0. The Hall–Kier alpha value is -2.18. The molecule has 30 heavy (non-hydrogen) atoms. The largest absolute Gasteiger partial charge is 0.435 e. The van der Waals surface area contributed by atoms with E-state index in [1.165, 1.54) is 43.5 Å². The summed E-state index contributed by atoms with van der Waals surface area (Å²) in [5.41, 5.74) is 0.266. The fraction of sp³-hybridized carbons (Fsp3) is 0.652. The second-order valence-electron chi connectivity index (χ2n) is 9.75. The third-order valence-corrected chi connectivity index (χ3v) is 7.66. The number of amides is 2. The van der Waals surface area contributed by atoms with Crippen LogP contribution in [0.2, 0.25) is 0 Å². The van der Waals surface area contributed by atoms with E-state index < -0.39 is 12.7 Å². The molecule has 1 aromatic carbocycles. The number of ether oxygens (including phenoxy) is 1. The van der Waals surface area contributed by atoms with Crippen LogP contribution in [0.25, 0.3) is 0 Å². The fourth-order valence-corrected chi connectivity index (χ4v) is 6.90. The lowest BCUT2D eigenvalue weighted by Crippen LogP contribution is -2.56. The molecule has 4 bridgehead atoms. The Kier molecular flexibility index (Phi) is 4.94. The van der Waals surface area contributed by atoms with Gasteiger partial charge >= 0.3 is 6.61 Å². The van der Waals surface area contributed by atoms with E-state index in [2.05, 4.69) is 10.1 Å². The molecule has 4 aliphatic carbocycles. The third kappa shape index (κ3) is 3.56. The molecule has 1 aliphatic heterocycles. The summed E-state index contributed by atoms with van der Waals surface area (Å²) in [6.07, 6.45) is 8.32. The van der Waals surface area contributed by atoms with Gasteiger partial charge in [0.15, 0.2) is 0 Å². The summed E-state index contributed by atoms with van der Waals surface area (Å²) in [6.45, 7) is -2.24. The van der Waals surface area contributed by atoms with Crippen LogP contribution in [-0.2, 0) is 9.59 Å². The van der Waals surface area contributed by atoms with Crippen molar-refractivity contribution in [2.24, 2.45) is 23.2 Å². The Bertz CT molecular complexity index is 791. The molecule has 6 rings (SSSR count). The number of anilines is 1. The zero-order chi connectivity index (χ0) is 20.9. The molecule has 4 saturated carbocycles. The average Bonchev–Trinajstić information content (AvgIpc) is 3.17. The van der Waals surface area contributed by atoms with Crippen molar-refractivity contribution in [3.63, 3.8) is 0 Å². The molecule has 1 atom stereocenters. The first-order valence-electron chi connectivity index (χ1n) is 11.1. The summed E-state index contributed by atoms with van der Waals surface area (Å²) < 4.78 is 28.9. The molecule has 5 nitrogen and oxygen atoms in total. The highest BCUT2D eigenvalue weighted by atomic mass is 19.3.